The zero-order chi connectivity index (χ0) is 13.1. The van der Waals surface area contributed by atoms with Crippen LogP contribution in [-0.4, -0.2) is 24.6 Å². The number of carbonyl (C=O) groups excluding carboxylic acids is 1. The Bertz CT molecular complexity index is 535. The van der Waals surface area contributed by atoms with Gasteiger partial charge in [-0.05, 0) is 6.07 Å². The Kier molecular flexibility index (Phi) is 3.27. The molecule has 2 rings (SSSR count). The first-order chi connectivity index (χ1) is 8.65. The molecule has 0 radical (unpaired) electrons. The number of nitrogens with zero attached hydrogens (tertiary/aromatic N) is 1. The minimum absolute atomic E-state index is 0.0958. The van der Waals surface area contributed by atoms with Gasteiger partial charge in [-0.2, -0.15) is 0 Å². The van der Waals surface area contributed by atoms with Crippen molar-refractivity contribution in [1.82, 2.24) is 0 Å². The zero-order valence-corrected chi connectivity index (χ0v) is 9.71. The van der Waals surface area contributed by atoms with E-state index in [2.05, 4.69) is 0 Å². The molecular formula is C12H11NO5. The predicted molar refractivity (Wildman–Crippen MR) is 62.6 cm³/mol. The number of hydrogen-bond donors (Lipinski definition) is 0. The molecule has 1 aromatic rings. The van der Waals surface area contributed by atoms with Gasteiger partial charge in [0.05, 0.1) is 29.8 Å². The molecule has 1 fully saturated rings. The predicted octanol–water partition coefficient (Wildman–Crippen LogP) is 1.90. The summed E-state index contributed by atoms with van der Waals surface area (Å²) in [5, 5.41) is 10.9. The summed E-state index contributed by atoms with van der Waals surface area (Å²) < 4.78 is 9.98. The summed E-state index contributed by atoms with van der Waals surface area (Å²) in [5.41, 5.74) is 0.534. The third-order valence-corrected chi connectivity index (χ3v) is 2.66. The number of hydrogen-bond acceptors (Lipinski definition) is 5. The maximum Gasteiger partial charge on any atom is 0.337 e. The van der Waals surface area contributed by atoms with Crippen LogP contribution < -0.4 is 0 Å². The van der Waals surface area contributed by atoms with Crippen LogP contribution in [0.4, 0.5) is 5.69 Å². The first-order valence-corrected chi connectivity index (χ1v) is 5.33. The van der Waals surface area contributed by atoms with Gasteiger partial charge in [0.1, 0.15) is 5.76 Å². The van der Waals surface area contributed by atoms with Crippen molar-refractivity contribution in [3.8, 4) is 0 Å². The quantitative estimate of drug-likeness (QED) is 0.269. The highest BCUT2D eigenvalue weighted by Gasteiger charge is 2.28. The third-order valence-electron chi connectivity index (χ3n) is 2.66. The highest BCUT2D eigenvalue weighted by Crippen LogP contribution is 2.31. The zero-order valence-electron chi connectivity index (χ0n) is 9.71. The number of ether oxygens (including phenoxy) is 2. The van der Waals surface area contributed by atoms with Crippen molar-refractivity contribution >= 4 is 17.4 Å². The summed E-state index contributed by atoms with van der Waals surface area (Å²) in [6.07, 6.45) is 0.397. The van der Waals surface area contributed by atoms with Gasteiger partial charge >= 0.3 is 5.97 Å². The summed E-state index contributed by atoms with van der Waals surface area (Å²) in [4.78, 5) is 21.9. The SMILES string of the molecule is COC(=C1CCOC1=O)c1ccccc1[N+](=O)[O-]. The summed E-state index contributed by atoms with van der Waals surface area (Å²) in [7, 11) is 1.38. The van der Waals surface area contributed by atoms with E-state index < -0.39 is 10.9 Å². The van der Waals surface area contributed by atoms with Crippen LogP contribution >= 0.6 is 0 Å². The fourth-order valence-corrected chi connectivity index (χ4v) is 1.86. The highest BCUT2D eigenvalue weighted by atomic mass is 16.6. The fraction of sp³-hybridized carbons (Fsp3) is 0.250. The molecule has 1 heterocycles. The first kappa shape index (κ1) is 12.1. The molecular weight excluding hydrogens is 238 g/mol. The Hall–Kier alpha value is -2.37. The van der Waals surface area contributed by atoms with Gasteiger partial charge in [0.2, 0.25) is 0 Å². The Labute approximate surface area is 103 Å². The summed E-state index contributed by atoms with van der Waals surface area (Å²) in [6, 6.07) is 6.14. The summed E-state index contributed by atoms with van der Waals surface area (Å²) >= 11 is 0. The van der Waals surface area contributed by atoms with Crippen molar-refractivity contribution in [3.05, 3.63) is 45.5 Å². The molecule has 6 nitrogen and oxygen atoms in total. The Morgan fingerprint density at radius 2 is 2.17 bits per heavy atom. The van der Waals surface area contributed by atoms with Crippen LogP contribution in [0.2, 0.25) is 0 Å². The van der Waals surface area contributed by atoms with Gasteiger partial charge in [0, 0.05) is 12.5 Å². The van der Waals surface area contributed by atoms with E-state index in [0.29, 0.717) is 17.6 Å². The smallest absolute Gasteiger partial charge is 0.337 e. The van der Waals surface area contributed by atoms with Crippen molar-refractivity contribution in [1.29, 1.82) is 0 Å². The molecule has 0 bridgehead atoms. The lowest BCUT2D eigenvalue weighted by molar-refractivity contribution is -0.385. The molecule has 0 spiro atoms. The van der Waals surface area contributed by atoms with Gasteiger partial charge in [0.25, 0.3) is 5.69 Å². The molecule has 1 aliphatic rings. The molecule has 1 aromatic carbocycles. The maximum absolute atomic E-state index is 11.5. The second-order valence-electron chi connectivity index (χ2n) is 3.67. The molecule has 1 aliphatic heterocycles. The monoisotopic (exact) mass is 249 g/mol. The van der Waals surface area contributed by atoms with Gasteiger partial charge in [-0.1, -0.05) is 12.1 Å². The van der Waals surface area contributed by atoms with Crippen LogP contribution in [0.1, 0.15) is 12.0 Å². The third kappa shape index (κ3) is 2.04. The van der Waals surface area contributed by atoms with E-state index in [1.807, 2.05) is 0 Å². The summed E-state index contributed by atoms with van der Waals surface area (Å²) in [6.45, 7) is 0.279. The summed E-state index contributed by atoms with van der Waals surface area (Å²) in [5.74, 6) is -0.269. The molecule has 0 aliphatic carbocycles. The van der Waals surface area contributed by atoms with E-state index in [0.717, 1.165) is 0 Å². The van der Waals surface area contributed by atoms with Crippen LogP contribution in [0.15, 0.2) is 29.8 Å². The average molecular weight is 249 g/mol. The lowest BCUT2D eigenvalue weighted by Gasteiger charge is -2.08. The van der Waals surface area contributed by atoms with Gasteiger partial charge < -0.3 is 9.47 Å². The van der Waals surface area contributed by atoms with Gasteiger partial charge in [0.15, 0.2) is 0 Å². The van der Waals surface area contributed by atoms with Gasteiger partial charge in [-0.15, -0.1) is 0 Å². The van der Waals surface area contributed by atoms with Crippen LogP contribution in [-0.2, 0) is 14.3 Å². The van der Waals surface area contributed by atoms with Crippen molar-refractivity contribution in [2.24, 2.45) is 0 Å². The number of nitro groups is 1. The van der Waals surface area contributed by atoms with Gasteiger partial charge in [-0.25, -0.2) is 4.79 Å². The molecule has 1 saturated heterocycles. The fourth-order valence-electron chi connectivity index (χ4n) is 1.86. The van der Waals surface area contributed by atoms with Crippen LogP contribution in [0.5, 0.6) is 0 Å². The number of benzene rings is 1. The molecule has 0 unspecified atom stereocenters. The number of methoxy groups -OCH3 is 1. The van der Waals surface area contributed by atoms with Crippen molar-refractivity contribution in [2.45, 2.75) is 6.42 Å². The minimum atomic E-state index is -0.505. The lowest BCUT2D eigenvalue weighted by atomic mass is 10.1. The number of nitro benzene ring substituents is 1. The van der Waals surface area contributed by atoms with E-state index in [1.165, 1.54) is 13.2 Å². The van der Waals surface area contributed by atoms with Crippen molar-refractivity contribution < 1.29 is 19.2 Å². The minimum Gasteiger partial charge on any atom is -0.495 e. The normalized spacial score (nSPS) is 17.3. The molecule has 0 aromatic heterocycles. The first-order valence-electron chi connectivity index (χ1n) is 5.33. The number of rotatable bonds is 3. The largest absolute Gasteiger partial charge is 0.495 e. The molecule has 18 heavy (non-hydrogen) atoms. The molecule has 0 amide bonds. The maximum atomic E-state index is 11.5. The van der Waals surface area contributed by atoms with E-state index in [9.17, 15) is 14.9 Å². The van der Waals surface area contributed by atoms with Crippen LogP contribution in [0.3, 0.4) is 0 Å². The Balaban J connectivity index is 2.59. The Morgan fingerprint density at radius 3 is 2.72 bits per heavy atom. The van der Waals surface area contributed by atoms with E-state index in [4.69, 9.17) is 9.47 Å². The van der Waals surface area contributed by atoms with Crippen molar-refractivity contribution in [2.75, 3.05) is 13.7 Å². The molecule has 0 saturated carbocycles. The lowest BCUT2D eigenvalue weighted by Crippen LogP contribution is -2.03. The standard InChI is InChI=1S/C12H11NO5/c1-17-11(9-6-7-18-12(9)14)8-4-2-3-5-10(8)13(15)16/h2-5H,6-7H2,1H3. The highest BCUT2D eigenvalue weighted by molar-refractivity contribution is 5.98. The number of carbonyl (C=O) groups is 1. The van der Waals surface area contributed by atoms with Crippen LogP contribution in [0.25, 0.3) is 5.76 Å². The number of cyclic esters (lactones) is 1. The van der Waals surface area contributed by atoms with Crippen LogP contribution in [0, 0.1) is 10.1 Å². The van der Waals surface area contributed by atoms with Gasteiger partial charge in [-0.3, -0.25) is 10.1 Å². The molecule has 6 heteroatoms. The van der Waals surface area contributed by atoms with E-state index >= 15 is 0 Å². The van der Waals surface area contributed by atoms with E-state index in [-0.39, 0.29) is 18.1 Å². The van der Waals surface area contributed by atoms with E-state index in [1.54, 1.807) is 18.2 Å². The molecule has 0 N–H and O–H groups in total. The van der Waals surface area contributed by atoms with Crippen molar-refractivity contribution in [3.63, 3.8) is 0 Å². The molecule has 94 valence electrons. The number of esters is 1. The average Bonchev–Trinajstić information content (AvgIpc) is 2.77. The second-order valence-corrected chi connectivity index (χ2v) is 3.67. The Morgan fingerprint density at radius 1 is 1.44 bits per heavy atom. The number of para-hydroxylation sites is 1. The topological polar surface area (TPSA) is 78.7 Å². The molecule has 0 atom stereocenters. The second kappa shape index (κ2) is 4.87.